The highest BCUT2D eigenvalue weighted by molar-refractivity contribution is 7.47. The van der Waals surface area contributed by atoms with E-state index >= 15 is 0 Å². The Balaban J connectivity index is 3.92. The van der Waals surface area contributed by atoms with Crippen LogP contribution in [0, 0.1) is 0 Å². The Kier molecular flexibility index (Phi) is 72.6. The van der Waals surface area contributed by atoms with Gasteiger partial charge in [-0.15, -0.1) is 0 Å². The quantitative estimate of drug-likeness (QED) is 0.0264. The zero-order chi connectivity index (χ0) is 67.2. The predicted octanol–water partition coefficient (Wildman–Crippen LogP) is 25.3. The number of rotatable bonds is 69. The number of phosphoric acid groups is 1. The van der Waals surface area contributed by atoms with Gasteiger partial charge in [-0.2, -0.15) is 0 Å². The van der Waals surface area contributed by atoms with Crippen molar-refractivity contribution in [2.24, 2.45) is 5.73 Å². The molecule has 528 valence electrons. The molecule has 0 spiro atoms. The molecule has 0 amide bonds. The number of ether oxygens (including phenoxy) is 2. The van der Waals surface area contributed by atoms with Gasteiger partial charge in [0.2, 0.25) is 0 Å². The molecule has 10 heteroatoms. The average Bonchev–Trinajstić information content (AvgIpc) is 3.32. The van der Waals surface area contributed by atoms with E-state index in [1.807, 2.05) is 0 Å². The zero-order valence-electron chi connectivity index (χ0n) is 59.4. The van der Waals surface area contributed by atoms with Crippen LogP contribution < -0.4 is 5.73 Å². The van der Waals surface area contributed by atoms with E-state index in [0.29, 0.717) is 6.42 Å². The van der Waals surface area contributed by atoms with Gasteiger partial charge in [0.25, 0.3) is 0 Å². The molecule has 93 heavy (non-hydrogen) atoms. The fourth-order valence-electron chi connectivity index (χ4n) is 10.1. The summed E-state index contributed by atoms with van der Waals surface area (Å²) in [6, 6.07) is 0. The fourth-order valence-corrected chi connectivity index (χ4v) is 10.9. The van der Waals surface area contributed by atoms with E-state index in [-0.39, 0.29) is 32.6 Å². The van der Waals surface area contributed by atoms with Crippen molar-refractivity contribution < 1.29 is 37.6 Å². The van der Waals surface area contributed by atoms with Crippen molar-refractivity contribution in [3.05, 3.63) is 170 Å². The maximum Gasteiger partial charge on any atom is 0.472 e. The smallest absolute Gasteiger partial charge is 0.462 e. The lowest BCUT2D eigenvalue weighted by molar-refractivity contribution is -0.161. The van der Waals surface area contributed by atoms with Crippen LogP contribution in [-0.4, -0.2) is 49.3 Å². The minimum absolute atomic E-state index is 0.0391. The Morgan fingerprint density at radius 3 is 0.849 bits per heavy atom. The average molecular weight is 1310 g/mol. The van der Waals surface area contributed by atoms with E-state index in [4.69, 9.17) is 24.3 Å². The van der Waals surface area contributed by atoms with Gasteiger partial charge in [-0.05, 0) is 128 Å². The first kappa shape index (κ1) is 88.4. The van der Waals surface area contributed by atoms with E-state index in [2.05, 4.69) is 184 Å². The summed E-state index contributed by atoms with van der Waals surface area (Å²) >= 11 is 0. The lowest BCUT2D eigenvalue weighted by Gasteiger charge is -2.19. The molecule has 0 saturated carbocycles. The second kappa shape index (κ2) is 76.4. The third-order valence-electron chi connectivity index (χ3n) is 15.6. The summed E-state index contributed by atoms with van der Waals surface area (Å²) in [6.07, 6.45) is 113. The first-order valence-electron chi connectivity index (χ1n) is 37.6. The third-order valence-corrected chi connectivity index (χ3v) is 16.6. The van der Waals surface area contributed by atoms with E-state index in [9.17, 15) is 19.0 Å². The Bertz CT molecular complexity index is 2140. The summed E-state index contributed by atoms with van der Waals surface area (Å²) in [7, 11) is -4.42. The number of hydrogen-bond donors (Lipinski definition) is 2. The monoisotopic (exact) mass is 1310 g/mol. The summed E-state index contributed by atoms with van der Waals surface area (Å²) < 4.78 is 33.2. The molecule has 0 rings (SSSR count). The number of carbonyl (C=O) groups is 2. The van der Waals surface area contributed by atoms with Crippen LogP contribution in [0.4, 0.5) is 0 Å². The number of phosphoric ester groups is 1. The largest absolute Gasteiger partial charge is 0.472 e. The molecular weight excluding hydrogens is 1170 g/mol. The number of nitrogens with two attached hydrogens (primary N) is 1. The molecule has 0 heterocycles. The summed E-state index contributed by atoms with van der Waals surface area (Å²) in [4.78, 5) is 35.4. The van der Waals surface area contributed by atoms with E-state index in [1.165, 1.54) is 154 Å². The van der Waals surface area contributed by atoms with Gasteiger partial charge < -0.3 is 20.1 Å². The SMILES string of the molecule is CC/C=C\C/C=C\C/C=C\C/C=C\C/C=C\C/C=C\C/C=C\C/C=C\C/C=C\C/C=C\CCCCC(=O)OC(COC(=O)CCCCCCCCCCCCCCCCCCCCCCCCCCCC/C=C\C/C=C\C/C=C\C/C=C\CC)COP(=O)(O)OCCN. The van der Waals surface area contributed by atoms with Gasteiger partial charge in [0.1, 0.15) is 6.61 Å². The molecule has 0 aliphatic carbocycles. The third kappa shape index (κ3) is 76.3. The van der Waals surface area contributed by atoms with Crippen molar-refractivity contribution >= 4 is 19.8 Å². The van der Waals surface area contributed by atoms with Gasteiger partial charge in [-0.3, -0.25) is 18.6 Å². The first-order chi connectivity index (χ1) is 45.8. The van der Waals surface area contributed by atoms with Gasteiger partial charge >= 0.3 is 19.8 Å². The summed E-state index contributed by atoms with van der Waals surface area (Å²) in [6.45, 7) is 3.48. The number of esters is 2. The molecule has 0 aliphatic rings. The van der Waals surface area contributed by atoms with E-state index in [0.717, 1.165) is 122 Å². The Hall–Kier alpha value is -4.63. The van der Waals surface area contributed by atoms with Crippen molar-refractivity contribution in [3.8, 4) is 0 Å². The topological polar surface area (TPSA) is 134 Å². The van der Waals surface area contributed by atoms with Crippen LogP contribution in [0.15, 0.2) is 170 Å². The molecule has 3 N–H and O–H groups in total. The van der Waals surface area contributed by atoms with Crippen LogP contribution in [0.25, 0.3) is 0 Å². The molecular formula is C83H138NO8P. The first-order valence-corrected chi connectivity index (χ1v) is 39.1. The zero-order valence-corrected chi connectivity index (χ0v) is 60.3. The van der Waals surface area contributed by atoms with Crippen LogP contribution in [0.1, 0.15) is 309 Å². The van der Waals surface area contributed by atoms with Crippen LogP contribution in [0.5, 0.6) is 0 Å². The van der Waals surface area contributed by atoms with Crippen molar-refractivity contribution in [1.82, 2.24) is 0 Å². The van der Waals surface area contributed by atoms with Gasteiger partial charge in [-0.1, -0.05) is 338 Å². The molecule has 0 fully saturated rings. The maximum atomic E-state index is 12.8. The molecule has 0 aromatic heterocycles. The standard InChI is InChI=1S/C83H138NO8P/c1-3-5-7-9-11-13-15-17-19-21-23-25-27-29-31-33-35-37-38-39-40-41-42-44-45-47-49-51-53-55-57-59-61-63-65-67-69-71-73-75-82(85)89-79-81(80-91-93(87,88)90-78-77-84)92-83(86)76-74-72-70-68-66-64-62-60-58-56-54-52-50-48-46-43-36-34-32-30-28-26-24-22-20-18-16-14-12-10-8-6-4-2/h5-8,11-14,17-20,23-26,30,32,36,43,48,50,54,56,60,62,66,68,81H,3-4,9-10,15-16,21-22,27-29,31,33-35,37-42,44-47,49,51-53,55,57-59,61,63-65,67,69-80,84H2,1-2H3,(H,87,88)/b7-5-,8-6-,13-11-,14-12-,19-17-,20-18-,25-23-,26-24-,32-30-,43-36-,50-48-,56-54-,62-60-,68-66-. The summed E-state index contributed by atoms with van der Waals surface area (Å²) in [5.41, 5.74) is 5.40. The summed E-state index contributed by atoms with van der Waals surface area (Å²) in [5.74, 6) is -0.880. The second-order valence-corrected chi connectivity index (χ2v) is 25.9. The predicted molar refractivity (Wildman–Crippen MR) is 403 cm³/mol. The molecule has 0 saturated heterocycles. The number of allylic oxidation sites excluding steroid dienone is 28. The van der Waals surface area contributed by atoms with Crippen LogP contribution >= 0.6 is 7.82 Å². The van der Waals surface area contributed by atoms with Gasteiger partial charge in [-0.25, -0.2) is 4.57 Å². The number of hydrogen-bond acceptors (Lipinski definition) is 8. The number of carbonyl (C=O) groups excluding carboxylic acids is 2. The minimum atomic E-state index is -4.42. The molecule has 2 unspecified atom stereocenters. The normalized spacial score (nSPS) is 13.9. The van der Waals surface area contributed by atoms with Crippen molar-refractivity contribution in [2.75, 3.05) is 26.4 Å². The van der Waals surface area contributed by atoms with E-state index in [1.54, 1.807) is 0 Å². The van der Waals surface area contributed by atoms with Gasteiger partial charge in [0, 0.05) is 19.4 Å². The second-order valence-electron chi connectivity index (χ2n) is 24.4. The number of unbranched alkanes of at least 4 members (excludes halogenated alkanes) is 28. The van der Waals surface area contributed by atoms with Crippen LogP contribution in [-0.2, 0) is 32.7 Å². The van der Waals surface area contributed by atoms with Crippen molar-refractivity contribution in [2.45, 2.75) is 315 Å². The highest BCUT2D eigenvalue weighted by Crippen LogP contribution is 2.43. The fraction of sp³-hybridized carbons (Fsp3) is 0.639. The van der Waals surface area contributed by atoms with Crippen molar-refractivity contribution in [3.63, 3.8) is 0 Å². The molecule has 2 atom stereocenters. The molecule has 0 aliphatic heterocycles. The van der Waals surface area contributed by atoms with Gasteiger partial charge in [0.05, 0.1) is 13.2 Å². The van der Waals surface area contributed by atoms with Crippen LogP contribution in [0.2, 0.25) is 0 Å². The van der Waals surface area contributed by atoms with Gasteiger partial charge in [0.15, 0.2) is 6.10 Å². The molecule has 0 radical (unpaired) electrons. The molecule has 0 aromatic carbocycles. The molecule has 0 bridgehead atoms. The summed E-state index contributed by atoms with van der Waals surface area (Å²) in [5, 5.41) is 0. The highest BCUT2D eigenvalue weighted by atomic mass is 31.2. The lowest BCUT2D eigenvalue weighted by Crippen LogP contribution is -2.29. The van der Waals surface area contributed by atoms with Crippen molar-refractivity contribution in [1.29, 1.82) is 0 Å². The Labute approximate surface area is 571 Å². The van der Waals surface area contributed by atoms with E-state index < -0.39 is 32.5 Å². The lowest BCUT2D eigenvalue weighted by atomic mass is 10.0. The molecule has 9 nitrogen and oxygen atoms in total. The minimum Gasteiger partial charge on any atom is -0.462 e. The van der Waals surface area contributed by atoms with Crippen LogP contribution in [0.3, 0.4) is 0 Å². The molecule has 0 aromatic rings. The Morgan fingerprint density at radius 1 is 0.323 bits per heavy atom. The Morgan fingerprint density at radius 2 is 0.559 bits per heavy atom. The maximum absolute atomic E-state index is 12.8. The highest BCUT2D eigenvalue weighted by Gasteiger charge is 2.26.